The van der Waals surface area contributed by atoms with Crippen molar-refractivity contribution in [3.63, 3.8) is 0 Å². The number of hydrogen-bond donors (Lipinski definition) is 1. The average molecular weight is 399 g/mol. The third-order valence-electron chi connectivity index (χ3n) is 4.91. The molecule has 0 aliphatic carbocycles. The minimum atomic E-state index is -1.24. The van der Waals surface area contributed by atoms with Crippen molar-refractivity contribution in [1.82, 2.24) is 0 Å². The number of furan rings is 1. The van der Waals surface area contributed by atoms with Crippen LogP contribution in [0.4, 0.5) is 9.18 Å². The van der Waals surface area contributed by atoms with Gasteiger partial charge in [0, 0.05) is 29.0 Å². The Bertz CT molecular complexity index is 1080. The zero-order valence-electron chi connectivity index (χ0n) is 15.6. The molecule has 2 aromatic carbocycles. The summed E-state index contributed by atoms with van der Waals surface area (Å²) in [5.41, 5.74) is 6.78. The van der Waals surface area contributed by atoms with Crippen molar-refractivity contribution < 1.29 is 32.6 Å². The Morgan fingerprint density at radius 3 is 2.59 bits per heavy atom. The van der Waals surface area contributed by atoms with Crippen molar-refractivity contribution in [3.05, 3.63) is 53.3 Å². The summed E-state index contributed by atoms with van der Waals surface area (Å²) in [6.07, 6.45) is -0.398. The highest BCUT2D eigenvalue weighted by molar-refractivity contribution is 6.11. The quantitative estimate of drug-likeness (QED) is 0.526. The van der Waals surface area contributed by atoms with Gasteiger partial charge in [-0.25, -0.2) is 14.0 Å². The smallest absolute Gasteiger partial charge is 0.412 e. The van der Waals surface area contributed by atoms with Gasteiger partial charge >= 0.3 is 12.1 Å². The van der Waals surface area contributed by atoms with Gasteiger partial charge in [0.05, 0.1) is 13.7 Å². The predicted octanol–water partition coefficient (Wildman–Crippen LogP) is 3.99. The highest BCUT2D eigenvalue weighted by atomic mass is 19.1. The molecule has 1 aliphatic heterocycles. The molecular formula is C21H18FNO6. The first-order valence-corrected chi connectivity index (χ1v) is 8.97. The van der Waals surface area contributed by atoms with Crippen molar-refractivity contribution in [1.29, 1.82) is 0 Å². The van der Waals surface area contributed by atoms with Crippen LogP contribution in [-0.2, 0) is 9.47 Å². The lowest BCUT2D eigenvalue weighted by Gasteiger charge is -2.13. The number of esters is 1. The average Bonchev–Trinajstić information content (AvgIpc) is 3.34. The van der Waals surface area contributed by atoms with Crippen LogP contribution in [-0.4, -0.2) is 32.4 Å². The fourth-order valence-corrected chi connectivity index (χ4v) is 3.56. The normalized spacial score (nSPS) is 16.1. The van der Waals surface area contributed by atoms with Crippen LogP contribution in [0.25, 0.3) is 22.3 Å². The van der Waals surface area contributed by atoms with Gasteiger partial charge in [-0.1, -0.05) is 0 Å². The second kappa shape index (κ2) is 7.56. The van der Waals surface area contributed by atoms with Crippen molar-refractivity contribution >= 4 is 23.0 Å². The van der Waals surface area contributed by atoms with E-state index in [1.54, 1.807) is 12.1 Å². The van der Waals surface area contributed by atoms with E-state index in [2.05, 4.69) is 4.74 Å². The molecule has 1 atom stereocenters. The van der Waals surface area contributed by atoms with Gasteiger partial charge in [-0.15, -0.1) is 0 Å². The highest BCUT2D eigenvalue weighted by Crippen LogP contribution is 2.41. The minimum Gasteiger partial charge on any atom is -0.496 e. The van der Waals surface area contributed by atoms with E-state index in [0.717, 1.165) is 12.0 Å². The molecule has 2 N–H and O–H groups in total. The number of carbonyl (C=O) groups excluding carboxylic acids is 2. The van der Waals surface area contributed by atoms with Crippen LogP contribution in [0.5, 0.6) is 5.75 Å². The van der Waals surface area contributed by atoms with E-state index in [1.165, 1.54) is 31.4 Å². The van der Waals surface area contributed by atoms with E-state index >= 15 is 0 Å². The summed E-state index contributed by atoms with van der Waals surface area (Å²) in [4.78, 5) is 23.8. The third-order valence-corrected chi connectivity index (χ3v) is 4.91. The lowest BCUT2D eigenvalue weighted by molar-refractivity contribution is 0.0640. The molecule has 7 nitrogen and oxygen atoms in total. The number of primary amides is 1. The zero-order valence-corrected chi connectivity index (χ0v) is 15.6. The summed E-state index contributed by atoms with van der Waals surface area (Å²) in [5, 5.41) is 0.398. The van der Waals surface area contributed by atoms with Gasteiger partial charge in [0.15, 0.2) is 0 Å². The lowest BCUT2D eigenvalue weighted by atomic mass is 9.95. The Labute approximate surface area is 165 Å². The molecule has 1 fully saturated rings. The van der Waals surface area contributed by atoms with Crippen LogP contribution in [0.1, 0.15) is 28.3 Å². The summed E-state index contributed by atoms with van der Waals surface area (Å²) >= 11 is 0. The fourth-order valence-electron chi connectivity index (χ4n) is 3.56. The minimum absolute atomic E-state index is 0.0120. The summed E-state index contributed by atoms with van der Waals surface area (Å²) < 4.78 is 34.9. The molecule has 0 saturated carbocycles. The Hall–Kier alpha value is -3.39. The molecule has 0 spiro atoms. The second-order valence-corrected chi connectivity index (χ2v) is 6.67. The molecule has 1 saturated heterocycles. The summed E-state index contributed by atoms with van der Waals surface area (Å²) in [6, 6.07) is 8.88. The molecule has 2 heterocycles. The van der Waals surface area contributed by atoms with E-state index in [0.29, 0.717) is 35.5 Å². The number of ether oxygens (including phenoxy) is 3. The largest absolute Gasteiger partial charge is 0.496 e. The fraction of sp³-hybridized carbons (Fsp3) is 0.238. The molecule has 29 heavy (non-hydrogen) atoms. The SMILES string of the molecule is COc1cc2c(C(=O)OC(N)=O)c(-c3ccc(F)cc3)oc2cc1C1CCOC1. The molecule has 150 valence electrons. The maximum atomic E-state index is 13.4. The molecular weight excluding hydrogens is 381 g/mol. The third kappa shape index (κ3) is 3.54. The van der Waals surface area contributed by atoms with Gasteiger partial charge in [0.2, 0.25) is 0 Å². The van der Waals surface area contributed by atoms with Crippen molar-refractivity contribution in [2.75, 3.05) is 20.3 Å². The lowest BCUT2D eigenvalue weighted by Crippen LogP contribution is -2.18. The van der Waals surface area contributed by atoms with E-state index < -0.39 is 17.9 Å². The topological polar surface area (TPSA) is 101 Å². The Balaban J connectivity index is 1.93. The van der Waals surface area contributed by atoms with E-state index in [1.807, 2.05) is 0 Å². The number of nitrogens with two attached hydrogens (primary N) is 1. The number of methoxy groups -OCH3 is 1. The van der Waals surface area contributed by atoms with E-state index in [9.17, 15) is 14.0 Å². The number of carbonyl (C=O) groups is 2. The summed E-state index contributed by atoms with van der Waals surface area (Å²) in [7, 11) is 1.53. The molecule has 0 radical (unpaired) electrons. The van der Waals surface area contributed by atoms with Gasteiger partial charge in [-0.3, -0.25) is 0 Å². The first-order chi connectivity index (χ1) is 14.0. The van der Waals surface area contributed by atoms with Crippen LogP contribution in [0.3, 0.4) is 0 Å². The van der Waals surface area contributed by atoms with Gasteiger partial charge in [0.25, 0.3) is 0 Å². The summed E-state index contributed by atoms with van der Waals surface area (Å²) in [6.45, 7) is 1.21. The molecule has 0 bridgehead atoms. The predicted molar refractivity (Wildman–Crippen MR) is 101 cm³/mol. The number of rotatable bonds is 4. The molecule has 4 rings (SSSR count). The van der Waals surface area contributed by atoms with Gasteiger partial charge < -0.3 is 24.4 Å². The molecule has 3 aromatic rings. The Kier molecular flexibility index (Phi) is 4.94. The van der Waals surface area contributed by atoms with Crippen LogP contribution < -0.4 is 10.5 Å². The Morgan fingerprint density at radius 2 is 1.97 bits per heavy atom. The Morgan fingerprint density at radius 1 is 1.21 bits per heavy atom. The number of benzene rings is 2. The molecule has 1 aliphatic rings. The molecule has 8 heteroatoms. The van der Waals surface area contributed by atoms with Crippen molar-refractivity contribution in [2.24, 2.45) is 5.73 Å². The molecule has 1 aromatic heterocycles. The first-order valence-electron chi connectivity index (χ1n) is 8.97. The summed E-state index contributed by atoms with van der Waals surface area (Å²) in [5.74, 6) is -0.554. The van der Waals surface area contributed by atoms with Gasteiger partial charge in [-0.05, 0) is 42.8 Å². The molecule has 1 amide bonds. The number of amides is 1. The van der Waals surface area contributed by atoms with Crippen LogP contribution >= 0.6 is 0 Å². The standard InChI is InChI=1S/C21H18FNO6/c1-26-16-9-15-17(8-14(16)12-6-7-27-10-12)28-19(11-2-4-13(22)5-3-11)18(15)20(24)29-21(23)25/h2-5,8-9,12H,6-7,10H2,1H3,(H2,23,25). The van der Waals surface area contributed by atoms with Gasteiger partial charge in [0.1, 0.15) is 28.5 Å². The number of halogens is 1. The monoisotopic (exact) mass is 399 g/mol. The van der Waals surface area contributed by atoms with Crippen LogP contribution in [0.2, 0.25) is 0 Å². The van der Waals surface area contributed by atoms with E-state index in [-0.39, 0.29) is 17.2 Å². The van der Waals surface area contributed by atoms with Crippen molar-refractivity contribution in [2.45, 2.75) is 12.3 Å². The maximum Gasteiger partial charge on any atom is 0.412 e. The van der Waals surface area contributed by atoms with Crippen LogP contribution in [0, 0.1) is 5.82 Å². The van der Waals surface area contributed by atoms with Crippen molar-refractivity contribution in [3.8, 4) is 17.1 Å². The van der Waals surface area contributed by atoms with Gasteiger partial charge in [-0.2, -0.15) is 0 Å². The van der Waals surface area contributed by atoms with Crippen LogP contribution in [0.15, 0.2) is 40.8 Å². The zero-order chi connectivity index (χ0) is 20.5. The number of hydrogen-bond acceptors (Lipinski definition) is 6. The molecule has 1 unspecified atom stereocenters. The highest BCUT2D eigenvalue weighted by Gasteiger charge is 2.28. The first kappa shape index (κ1) is 18.9. The maximum absolute atomic E-state index is 13.4. The number of fused-ring (bicyclic) bond motifs is 1. The second-order valence-electron chi connectivity index (χ2n) is 6.67. The van der Waals surface area contributed by atoms with E-state index in [4.69, 9.17) is 19.6 Å².